The van der Waals surface area contributed by atoms with Crippen molar-refractivity contribution in [2.24, 2.45) is 5.41 Å². The number of nitrogens with one attached hydrogen (secondary N) is 1. The fourth-order valence-electron chi connectivity index (χ4n) is 2.98. The van der Waals surface area contributed by atoms with Gasteiger partial charge < -0.3 is 29.6 Å². The van der Waals surface area contributed by atoms with E-state index in [0.29, 0.717) is 0 Å². The number of aliphatic hydroxyl groups excluding tert-OH is 2. The number of aliphatic hydroxyl groups is 2. The second kappa shape index (κ2) is 6.17. The summed E-state index contributed by atoms with van der Waals surface area (Å²) < 4.78 is 36.8. The molecule has 6 N–H and O–H groups in total. The SMILES string of the molecule is O=c1ccn([C@@H]2O[C@@H]3C(OP(=O)(O)OP(=O)(O)O)[C@]3(CO)[C@H]2O)c(=O)[nH]1. The van der Waals surface area contributed by atoms with Crippen molar-refractivity contribution in [3.8, 4) is 0 Å². The predicted octanol–water partition coefficient (Wildman–Crippen LogP) is -2.62. The topological polar surface area (TPSA) is 218 Å². The number of aromatic nitrogens is 2. The Kier molecular flexibility index (Phi) is 4.65. The number of fused-ring (bicyclic) bond motifs is 1. The fourth-order valence-corrected chi connectivity index (χ4v) is 4.81. The molecule has 0 spiro atoms. The van der Waals surface area contributed by atoms with E-state index in [1.54, 1.807) is 0 Å². The molecule has 0 bridgehead atoms. The Balaban J connectivity index is 1.81. The van der Waals surface area contributed by atoms with Crippen LogP contribution in [0.2, 0.25) is 0 Å². The van der Waals surface area contributed by atoms with Crippen molar-refractivity contribution in [3.05, 3.63) is 33.1 Å². The second-order valence-corrected chi connectivity index (χ2v) is 8.53. The summed E-state index contributed by atoms with van der Waals surface area (Å²) in [6, 6.07) is 0.997. The van der Waals surface area contributed by atoms with Crippen LogP contribution in [0.5, 0.6) is 0 Å². The zero-order valence-corrected chi connectivity index (χ0v) is 14.4. The monoisotopic (exact) mass is 416 g/mol. The van der Waals surface area contributed by atoms with Gasteiger partial charge in [0.25, 0.3) is 5.56 Å². The lowest BCUT2D eigenvalue weighted by Crippen LogP contribution is -2.40. The van der Waals surface area contributed by atoms with E-state index in [4.69, 9.17) is 14.5 Å². The Labute approximate surface area is 143 Å². The van der Waals surface area contributed by atoms with Gasteiger partial charge >= 0.3 is 21.3 Å². The number of nitrogens with zero attached hydrogens (tertiary/aromatic N) is 1. The third-order valence-electron chi connectivity index (χ3n) is 4.19. The fraction of sp³-hybridized carbons (Fsp3) is 0.600. The van der Waals surface area contributed by atoms with E-state index in [1.807, 2.05) is 4.98 Å². The molecule has 146 valence electrons. The normalized spacial score (nSPS) is 35.7. The lowest BCUT2D eigenvalue weighted by molar-refractivity contribution is -0.0839. The van der Waals surface area contributed by atoms with E-state index in [2.05, 4.69) is 8.83 Å². The Hall–Kier alpha value is -1.18. The molecule has 1 aromatic heterocycles. The molecule has 16 heteroatoms. The lowest BCUT2D eigenvalue weighted by Gasteiger charge is -2.25. The minimum absolute atomic E-state index is 0.683. The van der Waals surface area contributed by atoms with Gasteiger partial charge in [-0.2, -0.15) is 4.31 Å². The summed E-state index contributed by atoms with van der Waals surface area (Å²) in [4.78, 5) is 51.4. The highest BCUT2D eigenvalue weighted by Gasteiger charge is 2.79. The highest BCUT2D eigenvalue weighted by atomic mass is 31.3. The average molecular weight is 416 g/mol. The molecule has 0 aromatic carbocycles. The lowest BCUT2D eigenvalue weighted by atomic mass is 9.99. The highest BCUT2D eigenvalue weighted by molar-refractivity contribution is 7.60. The third kappa shape index (κ3) is 3.25. The van der Waals surface area contributed by atoms with Gasteiger partial charge in [-0.25, -0.2) is 13.9 Å². The summed E-state index contributed by atoms with van der Waals surface area (Å²) in [7, 11) is -10.6. The van der Waals surface area contributed by atoms with E-state index in [-0.39, 0.29) is 0 Å². The van der Waals surface area contributed by atoms with Crippen LogP contribution < -0.4 is 11.2 Å². The summed E-state index contributed by atoms with van der Waals surface area (Å²) in [6.07, 6.45) is -4.50. The first-order valence-corrected chi connectivity index (χ1v) is 9.98. The minimum Gasteiger partial charge on any atom is -0.395 e. The van der Waals surface area contributed by atoms with Crippen LogP contribution in [-0.4, -0.2) is 59.4 Å². The molecule has 3 rings (SSSR count). The molecule has 0 radical (unpaired) electrons. The molecule has 1 aliphatic heterocycles. The van der Waals surface area contributed by atoms with E-state index in [1.165, 1.54) is 0 Å². The number of aromatic amines is 1. The summed E-state index contributed by atoms with van der Waals surface area (Å²) in [6.45, 7) is -0.798. The van der Waals surface area contributed by atoms with Gasteiger partial charge in [-0.1, -0.05) is 0 Å². The van der Waals surface area contributed by atoms with Crippen LogP contribution in [0.25, 0.3) is 0 Å². The van der Waals surface area contributed by atoms with Crippen molar-refractivity contribution in [3.63, 3.8) is 0 Å². The van der Waals surface area contributed by atoms with Crippen LogP contribution in [0.15, 0.2) is 21.9 Å². The highest BCUT2D eigenvalue weighted by Crippen LogP contribution is 2.68. The molecule has 14 nitrogen and oxygen atoms in total. The number of phosphoric acid groups is 2. The summed E-state index contributed by atoms with van der Waals surface area (Å²) in [5, 5.41) is 20.0. The first-order valence-electron chi connectivity index (χ1n) is 6.95. The maximum absolute atomic E-state index is 11.8. The molecule has 1 aromatic rings. The smallest absolute Gasteiger partial charge is 0.395 e. The minimum atomic E-state index is -5.35. The van der Waals surface area contributed by atoms with Crippen LogP contribution in [0.4, 0.5) is 0 Å². The van der Waals surface area contributed by atoms with Crippen molar-refractivity contribution in [2.45, 2.75) is 24.5 Å². The molecule has 6 atom stereocenters. The predicted molar refractivity (Wildman–Crippen MR) is 78.6 cm³/mol. The molecule has 26 heavy (non-hydrogen) atoms. The van der Waals surface area contributed by atoms with Crippen molar-refractivity contribution in [1.82, 2.24) is 9.55 Å². The maximum Gasteiger partial charge on any atom is 0.481 e. The van der Waals surface area contributed by atoms with Gasteiger partial charge in [0.2, 0.25) is 0 Å². The Morgan fingerprint density at radius 3 is 2.46 bits per heavy atom. The van der Waals surface area contributed by atoms with Crippen molar-refractivity contribution in [2.75, 3.05) is 6.61 Å². The number of hydrogen-bond acceptors (Lipinski definition) is 9. The van der Waals surface area contributed by atoms with Gasteiger partial charge in [0.05, 0.1) is 12.0 Å². The summed E-state index contributed by atoms with van der Waals surface area (Å²) >= 11 is 0. The van der Waals surface area contributed by atoms with Crippen molar-refractivity contribution in [1.29, 1.82) is 0 Å². The van der Waals surface area contributed by atoms with Gasteiger partial charge in [-0.15, -0.1) is 0 Å². The van der Waals surface area contributed by atoms with E-state index in [0.717, 1.165) is 16.8 Å². The van der Waals surface area contributed by atoms with Crippen molar-refractivity contribution >= 4 is 15.6 Å². The number of hydrogen-bond donors (Lipinski definition) is 6. The Bertz CT molecular complexity index is 921. The quantitative estimate of drug-likeness (QED) is 0.263. The number of phosphoric ester groups is 1. The van der Waals surface area contributed by atoms with Gasteiger partial charge in [-0.05, 0) is 0 Å². The first-order chi connectivity index (χ1) is 11.9. The van der Waals surface area contributed by atoms with Crippen LogP contribution >= 0.6 is 15.6 Å². The zero-order chi connectivity index (χ0) is 19.5. The molecular weight excluding hydrogens is 402 g/mol. The first kappa shape index (κ1) is 19.6. The van der Waals surface area contributed by atoms with Crippen LogP contribution in [-0.2, 0) is 22.7 Å². The molecule has 2 unspecified atom stereocenters. The molecule has 2 aliphatic rings. The van der Waals surface area contributed by atoms with E-state index >= 15 is 0 Å². The summed E-state index contributed by atoms with van der Waals surface area (Å²) in [5.41, 5.74) is -3.21. The number of ether oxygens (including phenoxy) is 1. The van der Waals surface area contributed by atoms with Crippen LogP contribution in [0.1, 0.15) is 6.23 Å². The van der Waals surface area contributed by atoms with Gasteiger partial charge in [0.15, 0.2) is 6.23 Å². The standard InChI is InChI=1S/C10H14N2O12P2/c13-3-10-5(15)8(12-2-1-4(14)11-9(12)16)22-6(10)7(10)23-26(20,21)24-25(17,18)19/h1-2,5-8,13,15H,3H2,(H,20,21)(H,11,14,16)(H2,17,18,19)/t5-,6+,7?,8+,10+/m0/s1. The van der Waals surface area contributed by atoms with Crippen LogP contribution in [0.3, 0.4) is 0 Å². The van der Waals surface area contributed by atoms with Gasteiger partial charge in [0.1, 0.15) is 18.3 Å². The average Bonchev–Trinajstić information content (AvgIpc) is 2.95. The molecule has 2 heterocycles. The van der Waals surface area contributed by atoms with E-state index < -0.39 is 63.5 Å². The molecule has 1 saturated heterocycles. The zero-order valence-electron chi connectivity index (χ0n) is 12.6. The molecule has 1 aliphatic carbocycles. The van der Waals surface area contributed by atoms with Crippen molar-refractivity contribution < 1.29 is 47.6 Å². The third-order valence-corrected chi connectivity index (χ3v) is 6.36. The number of rotatable bonds is 6. The van der Waals surface area contributed by atoms with E-state index in [9.17, 15) is 33.8 Å². The maximum atomic E-state index is 11.8. The Morgan fingerprint density at radius 1 is 1.31 bits per heavy atom. The van der Waals surface area contributed by atoms with Gasteiger partial charge in [-0.3, -0.25) is 18.9 Å². The Morgan fingerprint density at radius 2 is 1.96 bits per heavy atom. The molecule has 0 amide bonds. The van der Waals surface area contributed by atoms with Crippen LogP contribution in [0, 0.1) is 5.41 Å². The molecule has 2 fully saturated rings. The summed E-state index contributed by atoms with van der Waals surface area (Å²) in [5.74, 6) is 0. The largest absolute Gasteiger partial charge is 0.481 e. The number of H-pyrrole nitrogens is 1. The molecule has 1 saturated carbocycles. The van der Waals surface area contributed by atoms with Gasteiger partial charge in [0, 0.05) is 12.3 Å². The second-order valence-electron chi connectivity index (χ2n) is 5.75. The molecular formula is C10H14N2O12P2.